The second-order valence-electron chi connectivity index (χ2n) is 8.16. The molecule has 34 heavy (non-hydrogen) atoms. The second kappa shape index (κ2) is 9.77. The summed E-state index contributed by atoms with van der Waals surface area (Å²) < 4.78 is 10.6. The number of carbonyl (C=O) groups excluding carboxylic acids is 1. The number of hydrogen-bond donors (Lipinski definition) is 2. The molecule has 11 nitrogen and oxygen atoms in total. The zero-order valence-corrected chi connectivity index (χ0v) is 19.2. The Morgan fingerprint density at radius 2 is 1.94 bits per heavy atom. The van der Waals surface area contributed by atoms with E-state index in [1.54, 1.807) is 37.4 Å². The van der Waals surface area contributed by atoms with E-state index < -0.39 is 10.8 Å². The summed E-state index contributed by atoms with van der Waals surface area (Å²) in [6.45, 7) is 3.68. The molecular formula is C23H26N6O5. The Labute approximate surface area is 196 Å². The molecule has 3 aromatic rings. The number of rotatable bonds is 7. The highest BCUT2D eigenvalue weighted by molar-refractivity contribution is 6.04. The number of aromatic amines is 1. The molecule has 4 rings (SSSR count). The van der Waals surface area contributed by atoms with Crippen molar-refractivity contribution in [2.45, 2.75) is 19.8 Å². The van der Waals surface area contributed by atoms with Gasteiger partial charge in [-0.15, -0.1) is 5.10 Å². The monoisotopic (exact) mass is 466 g/mol. The molecule has 11 heteroatoms. The number of nitro benzene ring substituents is 1. The second-order valence-corrected chi connectivity index (χ2v) is 8.16. The first-order chi connectivity index (χ1) is 16.4. The number of anilines is 2. The molecule has 0 aliphatic carbocycles. The van der Waals surface area contributed by atoms with Crippen LogP contribution in [0, 0.1) is 16.0 Å². The molecule has 2 aromatic carbocycles. The van der Waals surface area contributed by atoms with Gasteiger partial charge < -0.3 is 14.4 Å². The molecule has 2 heterocycles. The van der Waals surface area contributed by atoms with Gasteiger partial charge in [-0.25, -0.2) is 0 Å². The molecule has 0 saturated carbocycles. The first-order valence-electron chi connectivity index (χ1n) is 10.9. The van der Waals surface area contributed by atoms with Crippen LogP contribution in [0.25, 0.3) is 11.4 Å². The number of aromatic nitrogens is 3. The lowest BCUT2D eigenvalue weighted by atomic mass is 9.98. The molecule has 1 saturated heterocycles. The van der Waals surface area contributed by atoms with Crippen LogP contribution in [0.1, 0.15) is 30.1 Å². The summed E-state index contributed by atoms with van der Waals surface area (Å²) in [4.78, 5) is 30.4. The van der Waals surface area contributed by atoms with E-state index in [-0.39, 0.29) is 17.2 Å². The maximum atomic E-state index is 12.8. The Bertz CT molecular complexity index is 1200. The number of nitrogens with zero attached hydrogens (tertiary/aromatic N) is 4. The van der Waals surface area contributed by atoms with Crippen molar-refractivity contribution in [3.63, 3.8) is 0 Å². The summed E-state index contributed by atoms with van der Waals surface area (Å²) in [5.74, 6) is 1.62. The van der Waals surface area contributed by atoms with Crippen LogP contribution in [-0.4, -0.2) is 53.3 Å². The van der Waals surface area contributed by atoms with E-state index in [1.165, 1.54) is 13.2 Å². The lowest BCUT2D eigenvalue weighted by Gasteiger charge is -2.31. The molecule has 0 unspecified atom stereocenters. The minimum Gasteiger partial charge on any atom is -0.497 e. The topological polar surface area (TPSA) is 136 Å². The molecule has 0 atom stereocenters. The quantitative estimate of drug-likeness (QED) is 0.395. The van der Waals surface area contributed by atoms with E-state index in [0.29, 0.717) is 34.5 Å². The summed E-state index contributed by atoms with van der Waals surface area (Å²) in [5, 5.41) is 21.1. The number of benzene rings is 2. The predicted octanol–water partition coefficient (Wildman–Crippen LogP) is 3.89. The molecule has 0 radical (unpaired) electrons. The fourth-order valence-corrected chi connectivity index (χ4v) is 3.93. The van der Waals surface area contributed by atoms with Crippen LogP contribution in [0.15, 0.2) is 36.4 Å². The van der Waals surface area contributed by atoms with Crippen molar-refractivity contribution in [2.75, 3.05) is 37.5 Å². The standard InChI is InChI=1S/C23H26N6O5/c1-14-8-10-28(11-9-14)18-7-4-15(12-19(18)29(31)32)22(30)25-23-24-21(26-27-23)17-6-5-16(33-2)13-20(17)34-3/h4-7,12-14H,8-11H2,1-3H3,(H2,24,25,26,27,30). The largest absolute Gasteiger partial charge is 0.497 e. The smallest absolute Gasteiger partial charge is 0.293 e. The summed E-state index contributed by atoms with van der Waals surface area (Å²) in [5.41, 5.74) is 1.21. The SMILES string of the molecule is COc1ccc(-c2nc(NC(=O)c3ccc(N4CCC(C)CC4)c([N+](=O)[O-])c3)n[nH]2)c(OC)c1. The fraction of sp³-hybridized carbons (Fsp3) is 0.348. The summed E-state index contributed by atoms with van der Waals surface area (Å²) in [6, 6.07) is 9.72. The van der Waals surface area contributed by atoms with Crippen molar-refractivity contribution in [2.24, 2.45) is 5.92 Å². The van der Waals surface area contributed by atoms with Crippen LogP contribution in [0.3, 0.4) is 0 Å². The van der Waals surface area contributed by atoms with E-state index in [2.05, 4.69) is 27.4 Å². The van der Waals surface area contributed by atoms with Crippen molar-refractivity contribution < 1.29 is 19.2 Å². The summed E-state index contributed by atoms with van der Waals surface area (Å²) in [7, 11) is 3.08. The van der Waals surface area contributed by atoms with Crippen molar-refractivity contribution in [1.82, 2.24) is 15.2 Å². The van der Waals surface area contributed by atoms with E-state index >= 15 is 0 Å². The molecule has 1 amide bonds. The van der Waals surface area contributed by atoms with Crippen molar-refractivity contribution >= 4 is 23.2 Å². The summed E-state index contributed by atoms with van der Waals surface area (Å²) in [6.07, 6.45) is 1.96. The Kier molecular flexibility index (Phi) is 6.62. The van der Waals surface area contributed by atoms with Gasteiger partial charge in [-0.3, -0.25) is 25.3 Å². The number of nitrogens with one attached hydrogen (secondary N) is 2. The Hall–Kier alpha value is -4.15. The fourth-order valence-electron chi connectivity index (χ4n) is 3.93. The Morgan fingerprint density at radius 1 is 1.18 bits per heavy atom. The number of hydrogen-bond acceptors (Lipinski definition) is 8. The highest BCUT2D eigenvalue weighted by Crippen LogP contribution is 2.33. The average molecular weight is 466 g/mol. The molecule has 2 N–H and O–H groups in total. The zero-order valence-electron chi connectivity index (χ0n) is 19.2. The molecule has 0 bridgehead atoms. The van der Waals surface area contributed by atoms with Gasteiger partial charge >= 0.3 is 0 Å². The molecule has 0 spiro atoms. The average Bonchev–Trinajstić information content (AvgIpc) is 3.31. The number of carbonyl (C=O) groups is 1. The van der Waals surface area contributed by atoms with Gasteiger partial charge in [0, 0.05) is 30.8 Å². The number of ether oxygens (including phenoxy) is 2. The third-order valence-corrected chi connectivity index (χ3v) is 5.93. The predicted molar refractivity (Wildman–Crippen MR) is 127 cm³/mol. The van der Waals surface area contributed by atoms with Crippen LogP contribution in [0.2, 0.25) is 0 Å². The van der Waals surface area contributed by atoms with Gasteiger partial charge in [0.15, 0.2) is 5.82 Å². The lowest BCUT2D eigenvalue weighted by Crippen LogP contribution is -2.33. The first-order valence-corrected chi connectivity index (χ1v) is 10.9. The summed E-state index contributed by atoms with van der Waals surface area (Å²) >= 11 is 0. The van der Waals surface area contributed by atoms with E-state index in [0.717, 1.165) is 25.9 Å². The van der Waals surface area contributed by atoms with Crippen LogP contribution >= 0.6 is 0 Å². The Balaban J connectivity index is 1.53. The molecule has 1 aromatic heterocycles. The Morgan fingerprint density at radius 3 is 2.62 bits per heavy atom. The highest BCUT2D eigenvalue weighted by Gasteiger charge is 2.25. The van der Waals surface area contributed by atoms with Gasteiger partial charge in [-0.05, 0) is 43.0 Å². The lowest BCUT2D eigenvalue weighted by molar-refractivity contribution is -0.384. The maximum Gasteiger partial charge on any atom is 0.293 e. The molecular weight excluding hydrogens is 440 g/mol. The number of amides is 1. The third kappa shape index (κ3) is 4.77. The van der Waals surface area contributed by atoms with Crippen LogP contribution in [0.4, 0.5) is 17.3 Å². The zero-order chi connectivity index (χ0) is 24.2. The molecule has 178 valence electrons. The van der Waals surface area contributed by atoms with Gasteiger partial charge in [-0.2, -0.15) is 4.98 Å². The van der Waals surface area contributed by atoms with E-state index in [9.17, 15) is 14.9 Å². The van der Waals surface area contributed by atoms with Crippen molar-refractivity contribution in [3.05, 3.63) is 52.1 Å². The number of piperidine rings is 1. The van der Waals surface area contributed by atoms with Crippen LogP contribution in [0.5, 0.6) is 11.5 Å². The molecule has 1 fully saturated rings. The van der Waals surface area contributed by atoms with Crippen molar-refractivity contribution in [3.8, 4) is 22.9 Å². The first kappa shape index (κ1) is 23.0. The van der Waals surface area contributed by atoms with Gasteiger partial charge in [0.2, 0.25) is 5.95 Å². The highest BCUT2D eigenvalue weighted by atomic mass is 16.6. The van der Waals surface area contributed by atoms with Gasteiger partial charge in [0.1, 0.15) is 17.2 Å². The molecule has 1 aliphatic rings. The van der Waals surface area contributed by atoms with Crippen LogP contribution in [-0.2, 0) is 0 Å². The minimum atomic E-state index is -0.547. The maximum absolute atomic E-state index is 12.8. The van der Waals surface area contributed by atoms with Crippen molar-refractivity contribution in [1.29, 1.82) is 0 Å². The third-order valence-electron chi connectivity index (χ3n) is 5.93. The van der Waals surface area contributed by atoms with Gasteiger partial charge in [0.25, 0.3) is 11.6 Å². The molecule has 1 aliphatic heterocycles. The van der Waals surface area contributed by atoms with E-state index in [1.807, 2.05) is 4.90 Å². The number of H-pyrrole nitrogens is 1. The number of nitro groups is 1. The number of methoxy groups -OCH3 is 2. The van der Waals surface area contributed by atoms with Crippen LogP contribution < -0.4 is 19.7 Å². The minimum absolute atomic E-state index is 0.0367. The van der Waals surface area contributed by atoms with E-state index in [4.69, 9.17) is 9.47 Å². The van der Waals surface area contributed by atoms with Gasteiger partial charge in [-0.1, -0.05) is 6.92 Å². The van der Waals surface area contributed by atoms with Gasteiger partial charge in [0.05, 0.1) is 24.7 Å². The normalized spacial score (nSPS) is 14.0.